The van der Waals surface area contributed by atoms with Crippen molar-refractivity contribution in [1.29, 1.82) is 0 Å². The summed E-state index contributed by atoms with van der Waals surface area (Å²) >= 11 is 0. The van der Waals surface area contributed by atoms with Gasteiger partial charge in [-0.25, -0.2) is 9.59 Å². The van der Waals surface area contributed by atoms with Crippen LogP contribution < -0.4 is 15.7 Å². The number of carbonyl (C=O) groups is 2. The van der Waals surface area contributed by atoms with E-state index in [0.717, 1.165) is 16.5 Å². The van der Waals surface area contributed by atoms with Crippen molar-refractivity contribution in [3.05, 3.63) is 39.7 Å². The lowest BCUT2D eigenvalue weighted by molar-refractivity contribution is -0.145. The van der Waals surface area contributed by atoms with Crippen molar-refractivity contribution in [2.75, 3.05) is 7.11 Å². The predicted octanol–water partition coefficient (Wildman–Crippen LogP) is 2.11. The Morgan fingerprint density at radius 3 is 2.54 bits per heavy atom. The minimum absolute atomic E-state index is 0.401. The third-order valence-corrected chi connectivity index (χ3v) is 4.10. The van der Waals surface area contributed by atoms with Crippen LogP contribution in [0.15, 0.2) is 27.4 Å². The van der Waals surface area contributed by atoms with Crippen molar-refractivity contribution in [3.8, 4) is 5.75 Å². The van der Waals surface area contributed by atoms with E-state index in [4.69, 9.17) is 9.15 Å². The topological polar surface area (TPSA) is 94.8 Å². The molecule has 0 bridgehead atoms. The second-order valence-electron chi connectivity index (χ2n) is 6.07. The number of fused-ring (bicyclic) bond motifs is 1. The van der Waals surface area contributed by atoms with Gasteiger partial charge in [0.05, 0.1) is 7.11 Å². The molecule has 2 atom stereocenters. The van der Waals surface area contributed by atoms with Gasteiger partial charge < -0.3 is 19.2 Å². The second-order valence-corrected chi connectivity index (χ2v) is 6.07. The molecule has 0 spiro atoms. The summed E-state index contributed by atoms with van der Waals surface area (Å²) in [5.41, 5.74) is 1.66. The Morgan fingerprint density at radius 2 is 1.92 bits per heavy atom. The van der Waals surface area contributed by atoms with Gasteiger partial charge in [-0.1, -0.05) is 6.92 Å². The van der Waals surface area contributed by atoms with Crippen molar-refractivity contribution in [2.24, 2.45) is 0 Å². The summed E-state index contributed by atoms with van der Waals surface area (Å²) in [5.74, 6) is -0.527. The molecule has 0 radical (unpaired) electrons. The molecule has 0 saturated carbocycles. The highest BCUT2D eigenvalue weighted by Crippen LogP contribution is 2.28. The highest BCUT2D eigenvalue weighted by atomic mass is 16.5. The van der Waals surface area contributed by atoms with Crippen LogP contribution >= 0.6 is 0 Å². The van der Waals surface area contributed by atoms with Gasteiger partial charge in [-0.15, -0.1) is 0 Å². The first-order valence-corrected chi connectivity index (χ1v) is 8.39. The molecule has 2 aromatic rings. The van der Waals surface area contributed by atoms with E-state index in [9.17, 15) is 14.4 Å². The smallest absolute Gasteiger partial charge is 0.336 e. The molecule has 7 nitrogen and oxygen atoms in total. The number of hydrogen-bond donors (Lipinski definition) is 1. The summed E-state index contributed by atoms with van der Waals surface area (Å²) < 4.78 is 15.6. The maximum absolute atomic E-state index is 12.2. The number of benzene rings is 1. The van der Waals surface area contributed by atoms with Gasteiger partial charge in [-0.2, -0.15) is 0 Å². The van der Waals surface area contributed by atoms with Crippen LogP contribution in [-0.2, 0) is 20.7 Å². The van der Waals surface area contributed by atoms with Crippen LogP contribution in [0.2, 0.25) is 0 Å². The summed E-state index contributed by atoms with van der Waals surface area (Å²) in [6, 6.07) is 4.18. The zero-order valence-electron chi connectivity index (χ0n) is 15.5. The van der Waals surface area contributed by atoms with E-state index >= 15 is 0 Å². The Hall–Kier alpha value is -2.83. The highest BCUT2D eigenvalue weighted by molar-refractivity contribution is 5.87. The first-order valence-electron chi connectivity index (χ1n) is 8.39. The van der Waals surface area contributed by atoms with Crippen LogP contribution in [0.5, 0.6) is 5.75 Å². The number of hydrogen-bond acceptors (Lipinski definition) is 6. The molecule has 140 valence electrons. The van der Waals surface area contributed by atoms with Gasteiger partial charge in [0.25, 0.3) is 5.91 Å². The average Bonchev–Trinajstić information content (AvgIpc) is 2.60. The maximum atomic E-state index is 12.2. The number of rotatable bonds is 6. The van der Waals surface area contributed by atoms with Gasteiger partial charge in [0.15, 0.2) is 6.10 Å². The van der Waals surface area contributed by atoms with Crippen LogP contribution in [-0.4, -0.2) is 31.1 Å². The van der Waals surface area contributed by atoms with Gasteiger partial charge in [0.1, 0.15) is 17.4 Å². The van der Waals surface area contributed by atoms with E-state index in [1.165, 1.54) is 20.1 Å². The molecule has 1 N–H and O–H groups in total. The molecule has 1 aromatic carbocycles. The van der Waals surface area contributed by atoms with Crippen molar-refractivity contribution >= 4 is 22.8 Å². The van der Waals surface area contributed by atoms with E-state index < -0.39 is 29.6 Å². The Bertz CT molecular complexity index is 885. The molecule has 26 heavy (non-hydrogen) atoms. The molecule has 1 aromatic heterocycles. The fourth-order valence-electron chi connectivity index (χ4n) is 2.59. The van der Waals surface area contributed by atoms with Crippen LogP contribution in [0, 0.1) is 6.92 Å². The molecule has 0 aliphatic carbocycles. The lowest BCUT2D eigenvalue weighted by Crippen LogP contribution is -2.45. The molecule has 2 rings (SSSR count). The molecule has 1 amide bonds. The molecular formula is C19H23NO6. The Balaban J connectivity index is 2.27. The molecule has 0 saturated heterocycles. The predicted molar refractivity (Wildman–Crippen MR) is 96.3 cm³/mol. The molecule has 1 heterocycles. The normalized spacial score (nSPS) is 13.1. The van der Waals surface area contributed by atoms with Crippen molar-refractivity contribution in [1.82, 2.24) is 5.32 Å². The summed E-state index contributed by atoms with van der Waals surface area (Å²) in [7, 11) is 1.25. The van der Waals surface area contributed by atoms with E-state index in [0.29, 0.717) is 17.8 Å². The van der Waals surface area contributed by atoms with E-state index in [1.807, 2.05) is 19.9 Å². The van der Waals surface area contributed by atoms with Gasteiger partial charge >= 0.3 is 11.6 Å². The first-order chi connectivity index (χ1) is 12.3. The molecule has 0 aliphatic rings. The minimum Gasteiger partial charge on any atom is -0.480 e. The first kappa shape index (κ1) is 19.5. The zero-order chi connectivity index (χ0) is 19.4. The van der Waals surface area contributed by atoms with Crippen molar-refractivity contribution < 1.29 is 23.5 Å². The maximum Gasteiger partial charge on any atom is 0.336 e. The molecule has 2 unspecified atom stereocenters. The summed E-state index contributed by atoms with van der Waals surface area (Å²) in [6.45, 7) is 6.91. The number of methoxy groups -OCH3 is 1. The number of ether oxygens (including phenoxy) is 2. The minimum atomic E-state index is -0.846. The zero-order valence-corrected chi connectivity index (χ0v) is 15.5. The SMILES string of the molecule is CCc1cc2c(C)cc(=O)oc2cc1OC(C)C(=O)NC(C)C(=O)OC. The Labute approximate surface area is 151 Å². The van der Waals surface area contributed by atoms with Crippen molar-refractivity contribution in [3.63, 3.8) is 0 Å². The standard InChI is InChI=1S/C19H23NO6/c1-6-13-8-14-10(2)7-17(21)26-16(14)9-15(13)25-12(4)18(22)20-11(3)19(23)24-5/h7-9,11-12H,6H2,1-5H3,(H,20,22). The monoisotopic (exact) mass is 361 g/mol. The van der Waals surface area contributed by atoms with E-state index in [-0.39, 0.29) is 0 Å². The average molecular weight is 361 g/mol. The number of aryl methyl sites for hydroxylation is 2. The number of carbonyl (C=O) groups excluding carboxylic acids is 2. The van der Waals surface area contributed by atoms with Crippen LogP contribution in [0.3, 0.4) is 0 Å². The summed E-state index contributed by atoms with van der Waals surface area (Å²) in [4.78, 5) is 35.3. The van der Waals surface area contributed by atoms with Gasteiger partial charge in [-0.3, -0.25) is 4.79 Å². The van der Waals surface area contributed by atoms with E-state index in [1.54, 1.807) is 13.0 Å². The highest BCUT2D eigenvalue weighted by Gasteiger charge is 2.22. The lowest BCUT2D eigenvalue weighted by atomic mass is 10.1. The largest absolute Gasteiger partial charge is 0.480 e. The quantitative estimate of drug-likeness (QED) is 0.625. The number of nitrogens with one attached hydrogen (secondary N) is 1. The van der Waals surface area contributed by atoms with Gasteiger partial charge in [0, 0.05) is 17.5 Å². The Kier molecular flexibility index (Phi) is 6.02. The van der Waals surface area contributed by atoms with Crippen LogP contribution in [0.1, 0.15) is 31.9 Å². The van der Waals surface area contributed by atoms with Crippen LogP contribution in [0.4, 0.5) is 0 Å². The van der Waals surface area contributed by atoms with Crippen molar-refractivity contribution in [2.45, 2.75) is 46.3 Å². The fraction of sp³-hybridized carbons (Fsp3) is 0.421. The molecular weight excluding hydrogens is 338 g/mol. The second kappa shape index (κ2) is 8.03. The van der Waals surface area contributed by atoms with Gasteiger partial charge in [0.2, 0.25) is 0 Å². The molecule has 0 aliphatic heterocycles. The molecule has 0 fully saturated rings. The van der Waals surface area contributed by atoms with Gasteiger partial charge in [-0.05, 0) is 44.4 Å². The fourth-order valence-corrected chi connectivity index (χ4v) is 2.59. The lowest BCUT2D eigenvalue weighted by Gasteiger charge is -2.19. The van der Waals surface area contributed by atoms with E-state index in [2.05, 4.69) is 10.1 Å². The third kappa shape index (κ3) is 4.22. The Morgan fingerprint density at radius 1 is 1.23 bits per heavy atom. The third-order valence-electron chi connectivity index (χ3n) is 4.10. The van der Waals surface area contributed by atoms with Crippen LogP contribution in [0.25, 0.3) is 11.0 Å². The summed E-state index contributed by atoms with van der Waals surface area (Å²) in [5, 5.41) is 3.36. The summed E-state index contributed by atoms with van der Waals surface area (Å²) in [6.07, 6.45) is -0.169. The molecule has 7 heteroatoms. The number of amides is 1. The number of esters is 1.